The van der Waals surface area contributed by atoms with Crippen molar-refractivity contribution in [3.05, 3.63) is 45.6 Å². The number of aldehydes is 1. The molecular formula is C13H7Cl2N3O3. The van der Waals surface area contributed by atoms with E-state index < -0.39 is 0 Å². The summed E-state index contributed by atoms with van der Waals surface area (Å²) in [5.74, 6) is 0.123. The highest BCUT2D eigenvalue weighted by Crippen LogP contribution is 2.26. The first kappa shape index (κ1) is 13.8. The number of hydrogen-bond acceptors (Lipinski definition) is 6. The number of halogens is 2. The lowest BCUT2D eigenvalue weighted by atomic mass is 10.2. The van der Waals surface area contributed by atoms with Gasteiger partial charge in [-0.05, 0) is 34.1 Å². The molecule has 0 fully saturated rings. The van der Waals surface area contributed by atoms with Crippen molar-refractivity contribution in [3.8, 4) is 5.88 Å². The van der Waals surface area contributed by atoms with E-state index in [1.54, 1.807) is 12.1 Å². The fraction of sp³-hybridized carbons (Fsp3) is 0.0769. The summed E-state index contributed by atoms with van der Waals surface area (Å²) in [5, 5.41) is 7.72. The van der Waals surface area contributed by atoms with Gasteiger partial charge in [-0.2, -0.15) is 4.98 Å². The van der Waals surface area contributed by atoms with E-state index >= 15 is 0 Å². The molecule has 1 aromatic carbocycles. The molecule has 0 aliphatic rings. The van der Waals surface area contributed by atoms with Gasteiger partial charge in [-0.1, -0.05) is 29.3 Å². The summed E-state index contributed by atoms with van der Waals surface area (Å²) in [6.07, 6.45) is 0.606. The number of hydrogen-bond donors (Lipinski definition) is 0. The molecular weight excluding hydrogens is 317 g/mol. The number of fused-ring (bicyclic) bond motifs is 1. The molecule has 0 saturated heterocycles. The minimum atomic E-state index is 0.0772. The van der Waals surface area contributed by atoms with E-state index in [0.29, 0.717) is 17.3 Å². The van der Waals surface area contributed by atoms with Crippen LogP contribution < -0.4 is 4.74 Å². The maximum Gasteiger partial charge on any atom is 0.225 e. The van der Waals surface area contributed by atoms with Crippen LogP contribution in [0.2, 0.25) is 10.2 Å². The van der Waals surface area contributed by atoms with Crippen LogP contribution in [0.1, 0.15) is 15.9 Å². The lowest BCUT2D eigenvalue weighted by molar-refractivity contribution is 0.111. The summed E-state index contributed by atoms with van der Waals surface area (Å²) in [7, 11) is 0. The van der Waals surface area contributed by atoms with Crippen LogP contribution in [0.4, 0.5) is 0 Å². The summed E-state index contributed by atoms with van der Waals surface area (Å²) >= 11 is 11.6. The third kappa shape index (κ3) is 2.81. The molecule has 0 unspecified atom stereocenters. The quantitative estimate of drug-likeness (QED) is 0.541. The molecule has 2 heterocycles. The van der Waals surface area contributed by atoms with Gasteiger partial charge in [0.15, 0.2) is 11.4 Å². The first-order valence-electron chi connectivity index (χ1n) is 5.82. The largest absolute Gasteiger partial charge is 0.472 e. The Hall–Kier alpha value is -2.18. The molecule has 0 N–H and O–H groups in total. The van der Waals surface area contributed by atoms with Crippen LogP contribution in [0.3, 0.4) is 0 Å². The Bertz CT molecular complexity index is 820. The normalized spacial score (nSPS) is 10.8. The highest BCUT2D eigenvalue weighted by molar-refractivity contribution is 6.41. The predicted molar refractivity (Wildman–Crippen MR) is 75.8 cm³/mol. The Morgan fingerprint density at radius 1 is 1.19 bits per heavy atom. The first-order valence-corrected chi connectivity index (χ1v) is 6.58. The van der Waals surface area contributed by atoms with Gasteiger partial charge in [0, 0.05) is 0 Å². The van der Waals surface area contributed by atoms with E-state index in [4.69, 9.17) is 27.9 Å². The molecule has 2 aromatic heterocycles. The van der Waals surface area contributed by atoms with Crippen molar-refractivity contribution in [2.75, 3.05) is 0 Å². The molecule has 0 amide bonds. The molecule has 0 spiro atoms. The van der Waals surface area contributed by atoms with Crippen molar-refractivity contribution < 1.29 is 14.2 Å². The fourth-order valence-corrected chi connectivity index (χ4v) is 2.03. The molecule has 106 valence electrons. The maximum absolute atomic E-state index is 11.0. The number of carbonyl (C=O) groups is 1. The highest BCUT2D eigenvalue weighted by Gasteiger charge is 2.11. The van der Waals surface area contributed by atoms with Crippen LogP contribution in [-0.2, 0) is 6.61 Å². The molecule has 0 atom stereocenters. The summed E-state index contributed by atoms with van der Waals surface area (Å²) in [6.45, 7) is 0.189. The predicted octanol–water partition coefficient (Wildman–Crippen LogP) is 3.32. The zero-order chi connectivity index (χ0) is 14.8. The standard InChI is InChI=1S/C13H7Cl2N3O3/c14-9-4-8(5-19)13(16-12(9)15)20-6-7-1-2-10-11(3-7)18-21-17-10/h1-5H,6H2. The summed E-state index contributed by atoms with van der Waals surface area (Å²) in [4.78, 5) is 14.9. The SMILES string of the molecule is O=Cc1cc(Cl)c(Cl)nc1OCc1ccc2nonc2c1. The van der Waals surface area contributed by atoms with E-state index in [9.17, 15) is 4.79 Å². The zero-order valence-corrected chi connectivity index (χ0v) is 11.9. The lowest BCUT2D eigenvalue weighted by Crippen LogP contribution is -2.01. The summed E-state index contributed by atoms with van der Waals surface area (Å²) < 4.78 is 10.1. The van der Waals surface area contributed by atoms with E-state index in [2.05, 4.69) is 19.9 Å². The molecule has 3 aromatic rings. The average Bonchev–Trinajstić information content (AvgIpc) is 2.95. The van der Waals surface area contributed by atoms with Crippen LogP contribution >= 0.6 is 23.2 Å². The van der Waals surface area contributed by atoms with Crippen molar-refractivity contribution >= 4 is 40.5 Å². The molecule has 3 rings (SSSR count). The van der Waals surface area contributed by atoms with E-state index in [1.807, 2.05) is 6.07 Å². The molecule has 0 radical (unpaired) electrons. The third-order valence-electron chi connectivity index (χ3n) is 2.75. The fourth-order valence-electron chi connectivity index (χ4n) is 1.73. The van der Waals surface area contributed by atoms with Gasteiger partial charge in [0.2, 0.25) is 5.88 Å². The molecule has 0 bridgehead atoms. The van der Waals surface area contributed by atoms with Crippen molar-refractivity contribution in [1.82, 2.24) is 15.3 Å². The van der Waals surface area contributed by atoms with E-state index in [-0.39, 0.29) is 28.2 Å². The molecule has 8 heteroatoms. The molecule has 0 aliphatic carbocycles. The number of aromatic nitrogens is 3. The number of ether oxygens (including phenoxy) is 1. The van der Waals surface area contributed by atoms with Crippen LogP contribution in [-0.4, -0.2) is 21.6 Å². The van der Waals surface area contributed by atoms with E-state index in [1.165, 1.54) is 6.07 Å². The van der Waals surface area contributed by atoms with Crippen LogP contribution in [0.15, 0.2) is 28.9 Å². The van der Waals surface area contributed by atoms with Gasteiger partial charge in [-0.3, -0.25) is 4.79 Å². The lowest BCUT2D eigenvalue weighted by Gasteiger charge is -2.08. The second kappa shape index (κ2) is 5.67. The topological polar surface area (TPSA) is 78.1 Å². The van der Waals surface area contributed by atoms with Crippen LogP contribution in [0.5, 0.6) is 5.88 Å². The van der Waals surface area contributed by atoms with Gasteiger partial charge in [0.05, 0.1) is 10.6 Å². The van der Waals surface area contributed by atoms with Gasteiger partial charge in [-0.25, -0.2) is 4.63 Å². The number of pyridine rings is 1. The van der Waals surface area contributed by atoms with Crippen molar-refractivity contribution in [2.24, 2.45) is 0 Å². The Balaban J connectivity index is 1.83. The van der Waals surface area contributed by atoms with Crippen LogP contribution in [0, 0.1) is 0 Å². The van der Waals surface area contributed by atoms with Gasteiger partial charge >= 0.3 is 0 Å². The van der Waals surface area contributed by atoms with Crippen LogP contribution in [0.25, 0.3) is 11.0 Å². The number of carbonyl (C=O) groups excluding carboxylic acids is 1. The Morgan fingerprint density at radius 2 is 2.00 bits per heavy atom. The van der Waals surface area contributed by atoms with Gasteiger partial charge < -0.3 is 4.74 Å². The summed E-state index contributed by atoms with van der Waals surface area (Å²) in [6, 6.07) is 6.74. The molecule has 21 heavy (non-hydrogen) atoms. The molecule has 0 saturated carbocycles. The second-order valence-electron chi connectivity index (χ2n) is 4.15. The smallest absolute Gasteiger partial charge is 0.225 e. The van der Waals surface area contributed by atoms with Crippen molar-refractivity contribution in [3.63, 3.8) is 0 Å². The first-order chi connectivity index (χ1) is 10.2. The molecule has 6 nitrogen and oxygen atoms in total. The van der Waals surface area contributed by atoms with Crippen molar-refractivity contribution in [1.29, 1.82) is 0 Å². The minimum absolute atomic E-state index is 0.0772. The Labute approximate surface area is 128 Å². The Morgan fingerprint density at radius 3 is 2.81 bits per heavy atom. The highest BCUT2D eigenvalue weighted by atomic mass is 35.5. The number of rotatable bonds is 4. The van der Waals surface area contributed by atoms with E-state index in [0.717, 1.165) is 5.56 Å². The monoisotopic (exact) mass is 323 g/mol. The second-order valence-corrected chi connectivity index (χ2v) is 4.91. The third-order valence-corrected chi connectivity index (χ3v) is 3.42. The van der Waals surface area contributed by atoms with Gasteiger partial charge in [-0.15, -0.1) is 0 Å². The average molecular weight is 324 g/mol. The number of benzene rings is 1. The van der Waals surface area contributed by atoms with Gasteiger partial charge in [0.25, 0.3) is 0 Å². The zero-order valence-electron chi connectivity index (χ0n) is 10.4. The molecule has 0 aliphatic heterocycles. The minimum Gasteiger partial charge on any atom is -0.472 e. The summed E-state index contributed by atoms with van der Waals surface area (Å²) in [5.41, 5.74) is 2.32. The maximum atomic E-state index is 11.0. The van der Waals surface area contributed by atoms with Gasteiger partial charge in [0.1, 0.15) is 17.6 Å². The Kier molecular flexibility index (Phi) is 3.72. The number of nitrogens with zero attached hydrogens (tertiary/aromatic N) is 3. The van der Waals surface area contributed by atoms with Crippen molar-refractivity contribution in [2.45, 2.75) is 6.61 Å².